The van der Waals surface area contributed by atoms with Crippen LogP contribution in [0.3, 0.4) is 0 Å². The number of non-ortho nitro benzene ring substituents is 1. The number of nitrogens with zero attached hydrogens (tertiary/aromatic N) is 2. The summed E-state index contributed by atoms with van der Waals surface area (Å²) in [5, 5.41) is 17.3. The van der Waals surface area contributed by atoms with Crippen LogP contribution in [-0.2, 0) is 6.54 Å². The zero-order valence-corrected chi connectivity index (χ0v) is 13.4. The van der Waals surface area contributed by atoms with Gasteiger partial charge in [-0.05, 0) is 19.1 Å². The third-order valence-electron chi connectivity index (χ3n) is 3.67. The molecule has 126 valence electrons. The van der Waals surface area contributed by atoms with Crippen LogP contribution in [0.4, 0.5) is 5.69 Å². The van der Waals surface area contributed by atoms with E-state index < -0.39 is 4.92 Å². The molecule has 0 aliphatic rings. The summed E-state index contributed by atoms with van der Waals surface area (Å²) < 4.78 is 5.29. The van der Waals surface area contributed by atoms with Crippen molar-refractivity contribution >= 4 is 11.6 Å². The van der Waals surface area contributed by atoms with Gasteiger partial charge in [-0.2, -0.15) is 0 Å². The summed E-state index contributed by atoms with van der Waals surface area (Å²) in [6, 6.07) is 15.0. The molecule has 1 N–H and O–H groups in total. The molecule has 1 heterocycles. The molecule has 7 heteroatoms. The van der Waals surface area contributed by atoms with Gasteiger partial charge in [0.05, 0.1) is 11.5 Å². The molecular weight excluding hydrogens is 322 g/mol. The van der Waals surface area contributed by atoms with Crippen LogP contribution in [0.2, 0.25) is 0 Å². The van der Waals surface area contributed by atoms with Gasteiger partial charge in [-0.25, -0.2) is 0 Å². The lowest BCUT2D eigenvalue weighted by Gasteiger charge is -2.02. The minimum Gasteiger partial charge on any atom is -0.356 e. The zero-order chi connectivity index (χ0) is 17.8. The molecule has 0 fully saturated rings. The number of carbonyl (C=O) groups is 1. The topological polar surface area (TPSA) is 98.3 Å². The molecule has 0 unspecified atom stereocenters. The fourth-order valence-electron chi connectivity index (χ4n) is 2.26. The smallest absolute Gasteiger partial charge is 0.269 e. The molecule has 25 heavy (non-hydrogen) atoms. The highest BCUT2D eigenvalue weighted by Crippen LogP contribution is 2.20. The molecule has 1 aromatic heterocycles. The second-order valence-electron chi connectivity index (χ2n) is 5.54. The number of carbonyl (C=O) groups excluding carboxylic acids is 1. The minimum atomic E-state index is -0.510. The van der Waals surface area contributed by atoms with Gasteiger partial charge < -0.3 is 9.84 Å². The second-order valence-corrected chi connectivity index (χ2v) is 5.54. The van der Waals surface area contributed by atoms with Gasteiger partial charge in [-0.3, -0.25) is 14.9 Å². The monoisotopic (exact) mass is 337 g/mol. The molecule has 0 saturated carbocycles. The molecule has 3 aromatic rings. The van der Waals surface area contributed by atoms with E-state index in [0.29, 0.717) is 17.0 Å². The minimum absolute atomic E-state index is 0.0595. The van der Waals surface area contributed by atoms with Gasteiger partial charge in [0.15, 0.2) is 5.76 Å². The highest BCUT2D eigenvalue weighted by Gasteiger charge is 2.11. The van der Waals surface area contributed by atoms with Crippen LogP contribution in [0, 0.1) is 17.0 Å². The molecule has 2 aromatic carbocycles. The normalized spacial score (nSPS) is 10.4. The van der Waals surface area contributed by atoms with Crippen LogP contribution in [0.15, 0.2) is 59.1 Å². The molecule has 0 atom stereocenters. The molecule has 0 spiro atoms. The van der Waals surface area contributed by atoms with Crippen LogP contribution in [-0.4, -0.2) is 16.0 Å². The molecule has 1 amide bonds. The molecule has 0 radical (unpaired) electrons. The Morgan fingerprint density at radius 1 is 1.16 bits per heavy atom. The lowest BCUT2D eigenvalue weighted by atomic mass is 10.1. The van der Waals surface area contributed by atoms with E-state index in [9.17, 15) is 14.9 Å². The van der Waals surface area contributed by atoms with E-state index in [-0.39, 0.29) is 18.1 Å². The SMILES string of the molecule is Cc1ccc(-c2cc(CNC(=O)c3ccc([N+](=O)[O-])cc3)no2)cc1. The molecular formula is C18H15N3O4. The quantitative estimate of drug-likeness (QED) is 0.567. The Hall–Kier alpha value is -3.48. The third-order valence-corrected chi connectivity index (χ3v) is 3.67. The number of hydrogen-bond acceptors (Lipinski definition) is 5. The fourth-order valence-corrected chi connectivity index (χ4v) is 2.26. The summed E-state index contributed by atoms with van der Waals surface area (Å²) in [6.07, 6.45) is 0. The summed E-state index contributed by atoms with van der Waals surface area (Å²) in [4.78, 5) is 22.2. The Balaban J connectivity index is 1.62. The lowest BCUT2D eigenvalue weighted by Crippen LogP contribution is -2.22. The van der Waals surface area contributed by atoms with Crippen molar-refractivity contribution in [3.8, 4) is 11.3 Å². The zero-order valence-electron chi connectivity index (χ0n) is 13.4. The second kappa shape index (κ2) is 6.96. The van der Waals surface area contributed by atoms with Crippen molar-refractivity contribution in [1.82, 2.24) is 10.5 Å². The van der Waals surface area contributed by atoms with E-state index in [0.717, 1.165) is 11.1 Å². The molecule has 0 aliphatic heterocycles. The number of rotatable bonds is 5. The van der Waals surface area contributed by atoms with Crippen LogP contribution in [0.25, 0.3) is 11.3 Å². The number of aryl methyl sites for hydroxylation is 1. The predicted octanol–water partition coefficient (Wildman–Crippen LogP) is 3.49. The van der Waals surface area contributed by atoms with Crippen LogP contribution in [0.1, 0.15) is 21.6 Å². The molecule has 0 bridgehead atoms. The van der Waals surface area contributed by atoms with Crippen molar-refractivity contribution in [1.29, 1.82) is 0 Å². The Morgan fingerprint density at radius 2 is 1.84 bits per heavy atom. The number of nitro groups is 1. The van der Waals surface area contributed by atoms with Gasteiger partial charge in [0.1, 0.15) is 5.69 Å². The van der Waals surface area contributed by atoms with Crippen molar-refractivity contribution in [2.24, 2.45) is 0 Å². The van der Waals surface area contributed by atoms with Crippen molar-refractivity contribution in [3.05, 3.63) is 81.5 Å². The Labute approximate surface area is 143 Å². The van der Waals surface area contributed by atoms with E-state index >= 15 is 0 Å². The highest BCUT2D eigenvalue weighted by atomic mass is 16.6. The maximum absolute atomic E-state index is 12.1. The van der Waals surface area contributed by atoms with Crippen molar-refractivity contribution in [3.63, 3.8) is 0 Å². The summed E-state index contributed by atoms with van der Waals surface area (Å²) in [6.45, 7) is 2.20. The van der Waals surface area contributed by atoms with Gasteiger partial charge in [0.2, 0.25) is 0 Å². The van der Waals surface area contributed by atoms with Crippen LogP contribution < -0.4 is 5.32 Å². The standard InChI is InChI=1S/C18H15N3O4/c1-12-2-4-13(5-3-12)17-10-15(20-25-17)11-19-18(22)14-6-8-16(9-7-14)21(23)24/h2-10H,11H2,1H3,(H,19,22). The molecule has 0 saturated heterocycles. The van der Waals surface area contributed by atoms with Gasteiger partial charge in [0.25, 0.3) is 11.6 Å². The average molecular weight is 337 g/mol. The van der Waals surface area contributed by atoms with E-state index in [1.165, 1.54) is 24.3 Å². The Kier molecular flexibility index (Phi) is 4.56. The first-order valence-corrected chi connectivity index (χ1v) is 7.58. The largest absolute Gasteiger partial charge is 0.356 e. The third kappa shape index (κ3) is 3.89. The van der Waals surface area contributed by atoms with Crippen LogP contribution in [0.5, 0.6) is 0 Å². The number of nitrogens with one attached hydrogen (secondary N) is 1. The number of amides is 1. The van der Waals surface area contributed by atoms with Crippen molar-refractivity contribution in [2.45, 2.75) is 13.5 Å². The fraction of sp³-hybridized carbons (Fsp3) is 0.111. The number of benzene rings is 2. The number of nitro benzene ring substituents is 1. The van der Waals surface area contributed by atoms with E-state index in [1.54, 1.807) is 6.07 Å². The molecule has 3 rings (SSSR count). The Bertz CT molecular complexity index is 899. The number of hydrogen-bond donors (Lipinski definition) is 1. The first-order valence-electron chi connectivity index (χ1n) is 7.58. The van der Waals surface area contributed by atoms with E-state index in [2.05, 4.69) is 10.5 Å². The van der Waals surface area contributed by atoms with E-state index in [4.69, 9.17) is 4.52 Å². The summed E-state index contributed by atoms with van der Waals surface area (Å²) in [7, 11) is 0. The maximum atomic E-state index is 12.1. The summed E-state index contributed by atoms with van der Waals surface area (Å²) >= 11 is 0. The molecule has 7 nitrogen and oxygen atoms in total. The maximum Gasteiger partial charge on any atom is 0.269 e. The highest BCUT2D eigenvalue weighted by molar-refractivity contribution is 5.94. The van der Waals surface area contributed by atoms with E-state index in [1.807, 2.05) is 31.2 Å². The first kappa shape index (κ1) is 16.4. The van der Waals surface area contributed by atoms with Gasteiger partial charge in [-0.1, -0.05) is 35.0 Å². The first-order chi connectivity index (χ1) is 12.0. The summed E-state index contributed by atoms with van der Waals surface area (Å²) in [5.74, 6) is 0.286. The average Bonchev–Trinajstić information content (AvgIpc) is 3.09. The van der Waals surface area contributed by atoms with Gasteiger partial charge in [-0.15, -0.1) is 0 Å². The lowest BCUT2D eigenvalue weighted by molar-refractivity contribution is -0.384. The molecule has 0 aliphatic carbocycles. The van der Waals surface area contributed by atoms with Crippen LogP contribution >= 0.6 is 0 Å². The summed E-state index contributed by atoms with van der Waals surface area (Å²) in [5.41, 5.74) is 2.93. The predicted molar refractivity (Wildman–Crippen MR) is 90.9 cm³/mol. The van der Waals surface area contributed by atoms with Gasteiger partial charge in [0, 0.05) is 29.3 Å². The number of aromatic nitrogens is 1. The van der Waals surface area contributed by atoms with Gasteiger partial charge >= 0.3 is 0 Å². The Morgan fingerprint density at radius 3 is 2.48 bits per heavy atom. The van der Waals surface area contributed by atoms with Crippen molar-refractivity contribution in [2.75, 3.05) is 0 Å². The van der Waals surface area contributed by atoms with Crippen molar-refractivity contribution < 1.29 is 14.2 Å².